The van der Waals surface area contributed by atoms with Gasteiger partial charge in [0.05, 0.1) is 6.54 Å². The van der Waals surface area contributed by atoms with Gasteiger partial charge in [0.15, 0.2) is 0 Å². The maximum Gasteiger partial charge on any atom is 0.205 e. The highest BCUT2D eigenvalue weighted by Gasteiger charge is 2.33. The fourth-order valence-electron chi connectivity index (χ4n) is 2.81. The molecular formula is C18H30ClNO4. The maximum absolute atomic E-state index is 10.1. The fourth-order valence-corrected chi connectivity index (χ4v) is 2.81. The van der Waals surface area contributed by atoms with E-state index >= 15 is 0 Å². The van der Waals surface area contributed by atoms with Gasteiger partial charge < -0.3 is 36.6 Å². The Labute approximate surface area is 151 Å². The molecule has 0 aliphatic carbocycles. The average molecular weight is 360 g/mol. The molecule has 1 aromatic rings. The molecule has 0 aliphatic heterocycles. The van der Waals surface area contributed by atoms with E-state index in [0.29, 0.717) is 43.9 Å². The molecule has 0 radical (unpaired) electrons. The second kappa shape index (κ2) is 12.4. The van der Waals surface area contributed by atoms with Crippen LogP contribution in [0.5, 0.6) is 0 Å². The molecule has 0 saturated carbocycles. The van der Waals surface area contributed by atoms with Gasteiger partial charge in [-0.25, -0.2) is 0 Å². The lowest BCUT2D eigenvalue weighted by Gasteiger charge is -2.40. The van der Waals surface area contributed by atoms with E-state index in [1.165, 1.54) is 0 Å². The molecule has 2 atom stereocenters. The van der Waals surface area contributed by atoms with Crippen molar-refractivity contribution in [2.45, 2.75) is 33.0 Å². The lowest BCUT2D eigenvalue weighted by molar-refractivity contribution is -0.945. The van der Waals surface area contributed by atoms with E-state index in [1.807, 2.05) is 44.2 Å². The van der Waals surface area contributed by atoms with Crippen LogP contribution in [-0.4, -0.2) is 60.1 Å². The topological polar surface area (TPSA) is 58.9 Å². The molecule has 0 heterocycles. The predicted molar refractivity (Wildman–Crippen MR) is 90.5 cm³/mol. The second-order valence-electron chi connectivity index (χ2n) is 5.64. The number of quaternary nitrogens is 1. The van der Waals surface area contributed by atoms with Gasteiger partial charge in [0.1, 0.15) is 19.6 Å². The number of rotatable bonds is 12. The van der Waals surface area contributed by atoms with Gasteiger partial charge >= 0.3 is 0 Å². The van der Waals surface area contributed by atoms with Crippen LogP contribution in [0.2, 0.25) is 0 Å². The first-order valence-electron chi connectivity index (χ1n) is 8.14. The Hall–Kier alpha value is -0.950. The lowest BCUT2D eigenvalue weighted by Crippen LogP contribution is -3.00. The van der Waals surface area contributed by atoms with Gasteiger partial charge in [-0.1, -0.05) is 36.9 Å². The Bertz CT molecular complexity index is 430. The Morgan fingerprint density at radius 1 is 1.04 bits per heavy atom. The molecule has 2 unspecified atom stereocenters. The van der Waals surface area contributed by atoms with Crippen LogP contribution in [0.1, 0.15) is 19.4 Å². The molecule has 0 spiro atoms. The smallest absolute Gasteiger partial charge is 0.205 e. The Morgan fingerprint density at radius 3 is 1.96 bits per heavy atom. The third-order valence-electron chi connectivity index (χ3n) is 3.68. The van der Waals surface area contributed by atoms with Gasteiger partial charge in [0, 0.05) is 18.8 Å². The van der Waals surface area contributed by atoms with Crippen molar-refractivity contribution in [2.75, 3.05) is 32.8 Å². The van der Waals surface area contributed by atoms with Gasteiger partial charge in [-0.2, -0.15) is 0 Å². The average Bonchev–Trinajstić information content (AvgIpc) is 2.48. The standard InChI is InChI=1S/C18H30NO4.ClH/c1-4-12-19(14-17(20)22-5-2,15-18(21)23-6-3)13-16-10-8-7-9-11-16;/h4,7-11,17-18,20-21H,1,5-6,12-15H2,2-3H3;1H/q+1;/p-1. The van der Waals surface area contributed by atoms with E-state index in [2.05, 4.69) is 6.58 Å². The number of halogens is 1. The molecule has 1 aromatic carbocycles. The quantitative estimate of drug-likeness (QED) is 0.283. The minimum absolute atomic E-state index is 0. The molecule has 5 nitrogen and oxygen atoms in total. The van der Waals surface area contributed by atoms with E-state index in [4.69, 9.17) is 9.47 Å². The Morgan fingerprint density at radius 2 is 1.54 bits per heavy atom. The summed E-state index contributed by atoms with van der Waals surface area (Å²) in [6.07, 6.45) is 0.0234. The van der Waals surface area contributed by atoms with Crippen molar-refractivity contribution in [1.29, 1.82) is 0 Å². The number of nitrogens with zero attached hydrogens (tertiary/aromatic N) is 1. The molecule has 0 fully saturated rings. The minimum Gasteiger partial charge on any atom is -1.00 e. The molecule has 0 aromatic heterocycles. The second-order valence-corrected chi connectivity index (χ2v) is 5.64. The van der Waals surface area contributed by atoms with Gasteiger partial charge in [-0.05, 0) is 19.9 Å². The SMILES string of the molecule is C=CC[N+](Cc1ccccc1)(CC(O)OCC)CC(O)OCC.[Cl-]. The summed E-state index contributed by atoms with van der Waals surface area (Å²) in [4.78, 5) is 0. The molecule has 138 valence electrons. The maximum atomic E-state index is 10.1. The summed E-state index contributed by atoms with van der Waals surface area (Å²) in [5.74, 6) is 0. The largest absolute Gasteiger partial charge is 1.00 e. The van der Waals surface area contributed by atoms with Crippen LogP contribution in [0, 0.1) is 0 Å². The molecule has 24 heavy (non-hydrogen) atoms. The van der Waals surface area contributed by atoms with Crippen LogP contribution in [0.25, 0.3) is 0 Å². The first kappa shape index (κ1) is 23.1. The third-order valence-corrected chi connectivity index (χ3v) is 3.68. The van der Waals surface area contributed by atoms with Crippen LogP contribution in [0.15, 0.2) is 43.0 Å². The van der Waals surface area contributed by atoms with Crippen molar-refractivity contribution >= 4 is 0 Å². The van der Waals surface area contributed by atoms with Gasteiger partial charge in [0.25, 0.3) is 0 Å². The van der Waals surface area contributed by atoms with Crippen molar-refractivity contribution in [3.63, 3.8) is 0 Å². The van der Waals surface area contributed by atoms with E-state index < -0.39 is 12.6 Å². The zero-order valence-corrected chi connectivity index (χ0v) is 15.4. The molecule has 0 aliphatic rings. The number of hydrogen-bond donors (Lipinski definition) is 2. The predicted octanol–water partition coefficient (Wildman–Crippen LogP) is -1.10. The first-order chi connectivity index (χ1) is 11.0. The molecule has 1 rings (SSSR count). The summed E-state index contributed by atoms with van der Waals surface area (Å²) in [7, 11) is 0. The van der Waals surface area contributed by atoms with Crippen molar-refractivity contribution in [1.82, 2.24) is 0 Å². The summed E-state index contributed by atoms with van der Waals surface area (Å²) >= 11 is 0. The van der Waals surface area contributed by atoms with Crippen LogP contribution >= 0.6 is 0 Å². The molecular weight excluding hydrogens is 330 g/mol. The number of aliphatic hydroxyl groups excluding tert-OH is 2. The van der Waals surface area contributed by atoms with Gasteiger partial charge in [0.2, 0.25) is 12.6 Å². The monoisotopic (exact) mass is 359 g/mol. The summed E-state index contributed by atoms with van der Waals surface area (Å²) in [6.45, 7) is 10.4. The molecule has 0 saturated heterocycles. The number of ether oxygens (including phenoxy) is 2. The minimum atomic E-state index is -0.891. The number of benzene rings is 1. The van der Waals surface area contributed by atoms with Crippen LogP contribution < -0.4 is 12.4 Å². The van der Waals surface area contributed by atoms with E-state index in [-0.39, 0.29) is 12.4 Å². The van der Waals surface area contributed by atoms with E-state index in [9.17, 15) is 10.2 Å². The van der Waals surface area contributed by atoms with E-state index in [0.717, 1.165) is 5.56 Å². The highest BCUT2D eigenvalue weighted by molar-refractivity contribution is 5.13. The zero-order valence-electron chi connectivity index (χ0n) is 14.6. The van der Waals surface area contributed by atoms with Gasteiger partial charge in [-0.3, -0.25) is 0 Å². The first-order valence-corrected chi connectivity index (χ1v) is 8.14. The van der Waals surface area contributed by atoms with Crippen molar-refractivity contribution in [3.8, 4) is 0 Å². The molecule has 0 amide bonds. The summed E-state index contributed by atoms with van der Waals surface area (Å²) in [5.41, 5.74) is 1.13. The normalized spacial score (nSPS) is 15.8. The van der Waals surface area contributed by atoms with Crippen LogP contribution in [0.3, 0.4) is 0 Å². The summed E-state index contributed by atoms with van der Waals surface area (Å²) in [5, 5.41) is 20.3. The highest BCUT2D eigenvalue weighted by atomic mass is 35.5. The molecule has 0 bridgehead atoms. The van der Waals surface area contributed by atoms with Crippen LogP contribution in [0.4, 0.5) is 0 Å². The molecule has 6 heteroatoms. The fraction of sp³-hybridized carbons (Fsp3) is 0.556. The number of aliphatic hydroxyl groups is 2. The number of hydrogen-bond acceptors (Lipinski definition) is 4. The summed E-state index contributed by atoms with van der Waals surface area (Å²) < 4.78 is 11.0. The lowest BCUT2D eigenvalue weighted by atomic mass is 10.1. The summed E-state index contributed by atoms with van der Waals surface area (Å²) in [6, 6.07) is 10.0. The van der Waals surface area contributed by atoms with Crippen molar-refractivity contribution in [2.24, 2.45) is 0 Å². The van der Waals surface area contributed by atoms with Crippen molar-refractivity contribution < 1.29 is 36.6 Å². The van der Waals surface area contributed by atoms with Crippen LogP contribution in [-0.2, 0) is 16.0 Å². The molecule has 2 N–H and O–H groups in total. The zero-order chi connectivity index (χ0) is 17.1. The Kier molecular flexibility index (Phi) is 11.9. The third kappa shape index (κ3) is 8.24. The highest BCUT2D eigenvalue weighted by Crippen LogP contribution is 2.18. The Balaban J connectivity index is 0.00000529. The van der Waals surface area contributed by atoms with Crippen molar-refractivity contribution in [3.05, 3.63) is 48.6 Å². The van der Waals surface area contributed by atoms with Gasteiger partial charge in [-0.15, -0.1) is 0 Å². The van der Waals surface area contributed by atoms with E-state index in [1.54, 1.807) is 6.08 Å².